The number of amides is 2. The number of hydrogen-bond donors (Lipinski definition) is 0. The molecule has 0 radical (unpaired) electrons. The molecule has 2 amide bonds. The van der Waals surface area contributed by atoms with Crippen LogP contribution in [0.1, 0.15) is 25.0 Å². The maximum atomic E-state index is 14.3. The first-order valence-corrected chi connectivity index (χ1v) is 17.7. The van der Waals surface area contributed by atoms with E-state index in [1.165, 1.54) is 0 Å². The fourth-order valence-electron chi connectivity index (χ4n) is 7.34. The van der Waals surface area contributed by atoms with E-state index in [0.717, 1.165) is 45.3 Å². The summed E-state index contributed by atoms with van der Waals surface area (Å²) in [5.41, 5.74) is 10.0. The zero-order valence-corrected chi connectivity index (χ0v) is 29.2. The third kappa shape index (κ3) is 5.64. The van der Waals surface area contributed by atoms with Gasteiger partial charge in [0, 0.05) is 47.2 Å². The van der Waals surface area contributed by atoms with Crippen LogP contribution in [0.4, 0.5) is 34.1 Å². The highest BCUT2D eigenvalue weighted by molar-refractivity contribution is 6.30. The molecule has 8 rings (SSSR count). The van der Waals surface area contributed by atoms with Gasteiger partial charge in [-0.15, -0.1) is 0 Å². The van der Waals surface area contributed by atoms with Crippen LogP contribution >= 0.6 is 0 Å². The summed E-state index contributed by atoms with van der Waals surface area (Å²) >= 11 is 0. The van der Waals surface area contributed by atoms with Crippen LogP contribution in [-0.2, 0) is 9.59 Å². The van der Waals surface area contributed by atoms with Crippen LogP contribution in [0.2, 0.25) is 0 Å². The van der Waals surface area contributed by atoms with Crippen LogP contribution in [0.25, 0.3) is 11.4 Å². The van der Waals surface area contributed by atoms with Gasteiger partial charge < -0.3 is 19.6 Å². The number of carbonyl (C=O) groups excluding carboxylic acids is 2. The minimum atomic E-state index is -0.148. The normalized spacial score (nSPS) is 14.0. The number of benzene rings is 6. The molecule has 254 valence electrons. The molecule has 2 heterocycles. The van der Waals surface area contributed by atoms with Gasteiger partial charge in [-0.25, -0.2) is 0 Å². The quantitative estimate of drug-likeness (QED) is 0.145. The van der Waals surface area contributed by atoms with Crippen LogP contribution in [-0.4, -0.2) is 34.7 Å². The van der Waals surface area contributed by atoms with Crippen LogP contribution in [0, 0.1) is 0 Å². The van der Waals surface area contributed by atoms with Crippen molar-refractivity contribution in [3.05, 3.63) is 192 Å². The fraction of sp³-hybridized carbons (Fsp3) is 0.0870. The topological polar surface area (TPSA) is 47.1 Å². The second kappa shape index (κ2) is 13.9. The predicted octanol–water partition coefficient (Wildman–Crippen LogP) is 10.5. The van der Waals surface area contributed by atoms with Crippen molar-refractivity contribution in [1.29, 1.82) is 0 Å². The van der Waals surface area contributed by atoms with Crippen molar-refractivity contribution in [3.8, 4) is 0 Å². The van der Waals surface area contributed by atoms with Crippen molar-refractivity contribution in [1.82, 2.24) is 9.80 Å². The summed E-state index contributed by atoms with van der Waals surface area (Å²) in [6, 6.07) is 57.3. The molecule has 0 saturated heterocycles. The number of likely N-dealkylation sites (N-methyl/N-ethyl adjacent to an activating group) is 2. The van der Waals surface area contributed by atoms with E-state index in [1.54, 1.807) is 9.80 Å². The van der Waals surface area contributed by atoms with E-state index >= 15 is 0 Å². The number of hydrogen-bond acceptors (Lipinski definition) is 4. The second-order valence-electron chi connectivity index (χ2n) is 12.7. The van der Waals surface area contributed by atoms with Crippen LogP contribution < -0.4 is 9.80 Å². The van der Waals surface area contributed by atoms with Gasteiger partial charge in [-0.3, -0.25) is 9.59 Å². The molecule has 6 nitrogen and oxygen atoms in total. The van der Waals surface area contributed by atoms with Gasteiger partial charge in [-0.1, -0.05) is 97.1 Å². The maximum absolute atomic E-state index is 14.3. The van der Waals surface area contributed by atoms with Gasteiger partial charge in [0.2, 0.25) is 0 Å². The fourth-order valence-corrected chi connectivity index (χ4v) is 7.34. The van der Waals surface area contributed by atoms with E-state index in [1.807, 2.05) is 111 Å². The Kier molecular flexibility index (Phi) is 8.71. The van der Waals surface area contributed by atoms with E-state index in [2.05, 4.69) is 82.6 Å². The molecule has 0 spiro atoms. The third-order valence-corrected chi connectivity index (χ3v) is 9.67. The third-order valence-electron chi connectivity index (χ3n) is 9.67. The Morgan fingerprint density at radius 2 is 0.615 bits per heavy atom. The summed E-state index contributed by atoms with van der Waals surface area (Å²) < 4.78 is 0. The Morgan fingerprint density at radius 1 is 0.365 bits per heavy atom. The van der Waals surface area contributed by atoms with Gasteiger partial charge in [0.25, 0.3) is 11.8 Å². The highest BCUT2D eigenvalue weighted by Gasteiger charge is 2.48. The zero-order valence-electron chi connectivity index (χ0n) is 29.2. The Bertz CT molecular complexity index is 2040. The number of fused-ring (bicyclic) bond motifs is 1. The molecule has 2 aliphatic rings. The summed E-state index contributed by atoms with van der Waals surface area (Å²) in [6.07, 6.45) is 0. The summed E-state index contributed by atoms with van der Waals surface area (Å²) in [7, 11) is 0. The van der Waals surface area contributed by atoms with E-state index in [9.17, 15) is 9.59 Å². The highest BCUT2D eigenvalue weighted by Crippen LogP contribution is 2.47. The van der Waals surface area contributed by atoms with Crippen LogP contribution in [0.3, 0.4) is 0 Å². The molecule has 0 fully saturated rings. The van der Waals surface area contributed by atoms with Gasteiger partial charge >= 0.3 is 0 Å². The molecule has 6 heteroatoms. The van der Waals surface area contributed by atoms with Gasteiger partial charge in [0.1, 0.15) is 0 Å². The van der Waals surface area contributed by atoms with Crippen molar-refractivity contribution < 1.29 is 9.59 Å². The maximum Gasteiger partial charge on any atom is 0.261 e. The number of nitrogens with zero attached hydrogens (tertiary/aromatic N) is 4. The minimum Gasteiger partial charge on any atom is -0.311 e. The van der Waals surface area contributed by atoms with Crippen molar-refractivity contribution in [2.24, 2.45) is 0 Å². The van der Waals surface area contributed by atoms with E-state index in [0.29, 0.717) is 35.6 Å². The SMILES string of the molecule is CCN1C(=O)C2=C(c3ccc(N(c4ccccc4)c4ccccc4)cc3)N(CC)C(=O)C2=C1c1ccc(N(c2ccccc2)c2ccccc2)cc1. The smallest absolute Gasteiger partial charge is 0.261 e. The molecule has 0 atom stereocenters. The first-order chi connectivity index (χ1) is 25.6. The van der Waals surface area contributed by atoms with Gasteiger partial charge in [-0.2, -0.15) is 0 Å². The lowest BCUT2D eigenvalue weighted by atomic mass is 10.0. The number of carbonyl (C=O) groups is 2. The van der Waals surface area contributed by atoms with Crippen molar-refractivity contribution >= 4 is 57.3 Å². The standard InChI is InChI=1S/C46H38N4O2/c1-3-47-43(33-25-29-39(30-26-33)49(35-17-9-5-10-18-35)36-19-11-6-12-20-36)41-42(45(47)51)44(48(4-2)46(41)52)34-27-31-40(32-28-34)50(37-21-13-7-14-22-37)38-23-15-8-16-24-38/h5-32H,3-4H2,1-2H3. The molecular formula is C46H38N4O2. The Labute approximate surface area is 304 Å². The summed E-state index contributed by atoms with van der Waals surface area (Å²) in [5, 5.41) is 0. The van der Waals surface area contributed by atoms with Gasteiger partial charge in [-0.05, 0) is 97.8 Å². The number of rotatable bonds is 10. The molecule has 0 N–H and O–H groups in total. The van der Waals surface area contributed by atoms with Crippen molar-refractivity contribution in [2.75, 3.05) is 22.9 Å². The average molecular weight is 679 g/mol. The Hall–Kier alpha value is -6.66. The minimum absolute atomic E-state index is 0.148. The monoisotopic (exact) mass is 678 g/mol. The average Bonchev–Trinajstić information content (AvgIpc) is 3.67. The van der Waals surface area contributed by atoms with E-state index in [-0.39, 0.29) is 11.8 Å². The van der Waals surface area contributed by atoms with Gasteiger partial charge in [0.15, 0.2) is 0 Å². The predicted molar refractivity (Wildman–Crippen MR) is 211 cm³/mol. The van der Waals surface area contributed by atoms with Crippen LogP contribution in [0.15, 0.2) is 181 Å². The second-order valence-corrected chi connectivity index (χ2v) is 12.7. The number of para-hydroxylation sites is 4. The molecule has 0 saturated carbocycles. The lowest BCUT2D eigenvalue weighted by molar-refractivity contribution is -0.124. The lowest BCUT2D eigenvalue weighted by Gasteiger charge is -2.27. The molecule has 6 aromatic carbocycles. The first-order valence-electron chi connectivity index (χ1n) is 17.7. The molecule has 6 aromatic rings. The van der Waals surface area contributed by atoms with E-state index in [4.69, 9.17) is 0 Å². The molecule has 2 aliphatic heterocycles. The molecule has 0 aromatic heterocycles. The van der Waals surface area contributed by atoms with Gasteiger partial charge in [0.05, 0.1) is 22.5 Å². The largest absolute Gasteiger partial charge is 0.311 e. The lowest BCUT2D eigenvalue weighted by Crippen LogP contribution is -2.29. The highest BCUT2D eigenvalue weighted by atomic mass is 16.2. The molecular weight excluding hydrogens is 641 g/mol. The van der Waals surface area contributed by atoms with Crippen molar-refractivity contribution in [3.63, 3.8) is 0 Å². The zero-order chi connectivity index (χ0) is 35.6. The number of anilines is 6. The summed E-state index contributed by atoms with van der Waals surface area (Å²) in [5.74, 6) is -0.296. The molecule has 0 bridgehead atoms. The summed E-state index contributed by atoms with van der Waals surface area (Å²) in [6.45, 7) is 4.80. The Morgan fingerprint density at radius 3 is 0.865 bits per heavy atom. The first kappa shape index (κ1) is 32.5. The van der Waals surface area contributed by atoms with Crippen LogP contribution in [0.5, 0.6) is 0 Å². The summed E-state index contributed by atoms with van der Waals surface area (Å²) in [4.78, 5) is 36.5. The van der Waals surface area contributed by atoms with Crippen molar-refractivity contribution in [2.45, 2.75) is 13.8 Å². The van der Waals surface area contributed by atoms with E-state index < -0.39 is 0 Å². The molecule has 52 heavy (non-hydrogen) atoms. The Balaban J connectivity index is 1.20. The molecule has 0 unspecified atom stereocenters. The molecule has 0 aliphatic carbocycles.